The van der Waals surface area contributed by atoms with Crippen LogP contribution in [-0.2, 0) is 19.7 Å². The van der Waals surface area contributed by atoms with Crippen molar-refractivity contribution in [2.45, 2.75) is 26.2 Å². The lowest BCUT2D eigenvalue weighted by molar-refractivity contribution is -0.149. The first-order valence-electron chi connectivity index (χ1n) is 7.55. The van der Waals surface area contributed by atoms with Gasteiger partial charge in [-0.1, -0.05) is 38.1 Å². The van der Waals surface area contributed by atoms with Gasteiger partial charge in [-0.15, -0.1) is 0 Å². The average molecular weight is 350 g/mol. The van der Waals surface area contributed by atoms with Gasteiger partial charge in [-0.2, -0.15) is 0 Å². The third-order valence-corrected chi connectivity index (χ3v) is 3.09. The van der Waals surface area contributed by atoms with Gasteiger partial charge in [-0.05, 0) is 12.1 Å². The van der Waals surface area contributed by atoms with Gasteiger partial charge in [0.25, 0.3) is 5.91 Å². The highest BCUT2D eigenvalue weighted by molar-refractivity contribution is 5.91. The van der Waals surface area contributed by atoms with Crippen molar-refractivity contribution in [2.24, 2.45) is 0 Å². The molecule has 0 saturated heterocycles. The standard InChI is InChI=1S/C17H19FN2O5/c1-17(2,3)13-8-15(25-20-13)19-14(21)9-24-16(22)10-23-12-7-5-4-6-11(12)18/h4-8H,9-10H2,1-3H3,(H,19,21). The van der Waals surface area contributed by atoms with Crippen LogP contribution in [0.1, 0.15) is 26.5 Å². The Morgan fingerprint density at radius 2 is 1.96 bits per heavy atom. The second kappa shape index (κ2) is 7.78. The number of halogens is 1. The summed E-state index contributed by atoms with van der Waals surface area (Å²) in [5, 5.41) is 6.28. The SMILES string of the molecule is CC(C)(C)c1cc(NC(=O)COC(=O)COc2ccccc2F)on1. The number of nitrogens with zero attached hydrogens (tertiary/aromatic N) is 1. The van der Waals surface area contributed by atoms with E-state index in [1.165, 1.54) is 18.2 Å². The van der Waals surface area contributed by atoms with Gasteiger partial charge in [-0.3, -0.25) is 10.1 Å². The average Bonchev–Trinajstić information content (AvgIpc) is 3.01. The normalized spacial score (nSPS) is 11.0. The Morgan fingerprint density at radius 3 is 2.60 bits per heavy atom. The second-order valence-corrected chi connectivity index (χ2v) is 6.25. The number of para-hydroxylation sites is 1. The summed E-state index contributed by atoms with van der Waals surface area (Å²) < 4.78 is 28.1. The molecule has 25 heavy (non-hydrogen) atoms. The third kappa shape index (κ3) is 5.59. The van der Waals surface area contributed by atoms with Gasteiger partial charge in [-0.25, -0.2) is 9.18 Å². The van der Waals surface area contributed by atoms with Gasteiger partial charge in [0, 0.05) is 11.5 Å². The van der Waals surface area contributed by atoms with E-state index in [1.807, 2.05) is 20.8 Å². The number of ether oxygens (including phenoxy) is 2. The molecule has 0 radical (unpaired) electrons. The van der Waals surface area contributed by atoms with Crippen molar-refractivity contribution in [3.8, 4) is 5.75 Å². The molecular weight excluding hydrogens is 331 g/mol. The van der Waals surface area contributed by atoms with Crippen molar-refractivity contribution in [3.05, 3.63) is 41.8 Å². The molecule has 0 aliphatic carbocycles. The maximum atomic E-state index is 13.3. The number of carbonyl (C=O) groups excluding carboxylic acids is 2. The summed E-state index contributed by atoms with van der Waals surface area (Å²) in [6, 6.07) is 7.25. The zero-order valence-electron chi connectivity index (χ0n) is 14.2. The molecule has 8 heteroatoms. The van der Waals surface area contributed by atoms with E-state index in [-0.39, 0.29) is 17.0 Å². The van der Waals surface area contributed by atoms with Gasteiger partial charge < -0.3 is 14.0 Å². The number of rotatable bonds is 6. The molecular formula is C17H19FN2O5. The maximum absolute atomic E-state index is 13.3. The zero-order chi connectivity index (χ0) is 18.4. The molecule has 2 aromatic rings. The van der Waals surface area contributed by atoms with Crippen LogP contribution in [0.4, 0.5) is 10.3 Å². The lowest BCUT2D eigenvalue weighted by Crippen LogP contribution is -2.23. The van der Waals surface area contributed by atoms with Crippen molar-refractivity contribution in [3.63, 3.8) is 0 Å². The van der Waals surface area contributed by atoms with Crippen LogP contribution in [0.3, 0.4) is 0 Å². The molecule has 0 bridgehead atoms. The minimum Gasteiger partial charge on any atom is -0.479 e. The molecule has 7 nitrogen and oxygen atoms in total. The van der Waals surface area contributed by atoms with Gasteiger partial charge in [0.1, 0.15) is 0 Å². The molecule has 1 aromatic carbocycles. The molecule has 1 N–H and O–H groups in total. The number of amides is 1. The maximum Gasteiger partial charge on any atom is 0.344 e. The predicted octanol–water partition coefficient (Wildman–Crippen LogP) is 2.67. The number of anilines is 1. The van der Waals surface area contributed by atoms with Crippen LogP contribution in [0.25, 0.3) is 0 Å². The van der Waals surface area contributed by atoms with Crippen LogP contribution < -0.4 is 10.1 Å². The van der Waals surface area contributed by atoms with Crippen molar-refractivity contribution in [2.75, 3.05) is 18.5 Å². The number of benzene rings is 1. The fourth-order valence-corrected chi connectivity index (χ4v) is 1.75. The van der Waals surface area contributed by atoms with Crippen LogP contribution in [-0.4, -0.2) is 30.2 Å². The molecule has 1 aromatic heterocycles. The Morgan fingerprint density at radius 1 is 1.24 bits per heavy atom. The summed E-state index contributed by atoms with van der Waals surface area (Å²) in [5.74, 6) is -1.89. The van der Waals surface area contributed by atoms with Crippen molar-refractivity contribution < 1.29 is 28.0 Å². The Bertz CT molecular complexity index is 751. The molecule has 0 fully saturated rings. The van der Waals surface area contributed by atoms with Crippen LogP contribution in [0, 0.1) is 5.82 Å². The van der Waals surface area contributed by atoms with E-state index in [1.54, 1.807) is 12.1 Å². The Labute approximate surface area is 144 Å². The fourth-order valence-electron chi connectivity index (χ4n) is 1.75. The number of nitrogens with one attached hydrogen (secondary N) is 1. The van der Waals surface area contributed by atoms with Gasteiger partial charge in [0.2, 0.25) is 5.88 Å². The van der Waals surface area contributed by atoms with Gasteiger partial charge in [0.15, 0.2) is 24.8 Å². The molecule has 0 aliphatic heterocycles. The number of esters is 1. The summed E-state index contributed by atoms with van der Waals surface area (Å²) in [7, 11) is 0. The Hall–Kier alpha value is -2.90. The summed E-state index contributed by atoms with van der Waals surface area (Å²) in [4.78, 5) is 23.3. The lowest BCUT2D eigenvalue weighted by Gasteiger charge is -2.12. The van der Waals surface area contributed by atoms with E-state index in [4.69, 9.17) is 14.0 Å². The molecule has 1 amide bonds. The summed E-state index contributed by atoms with van der Waals surface area (Å²) >= 11 is 0. The minimum atomic E-state index is -0.800. The third-order valence-electron chi connectivity index (χ3n) is 3.09. The minimum absolute atomic E-state index is 0.0692. The quantitative estimate of drug-likeness (QED) is 0.806. The number of hydrogen-bond donors (Lipinski definition) is 1. The first-order valence-corrected chi connectivity index (χ1v) is 7.55. The van der Waals surface area contributed by atoms with Gasteiger partial charge >= 0.3 is 5.97 Å². The van der Waals surface area contributed by atoms with Crippen LogP contribution >= 0.6 is 0 Å². The van der Waals surface area contributed by atoms with E-state index >= 15 is 0 Å². The van der Waals surface area contributed by atoms with Crippen molar-refractivity contribution in [1.82, 2.24) is 5.16 Å². The molecule has 0 aliphatic rings. The molecule has 0 unspecified atom stereocenters. The van der Waals surface area contributed by atoms with Crippen molar-refractivity contribution in [1.29, 1.82) is 0 Å². The zero-order valence-corrected chi connectivity index (χ0v) is 14.2. The van der Waals surface area contributed by atoms with E-state index in [2.05, 4.69) is 10.5 Å². The van der Waals surface area contributed by atoms with Crippen LogP contribution in [0.2, 0.25) is 0 Å². The predicted molar refractivity (Wildman–Crippen MR) is 86.7 cm³/mol. The van der Waals surface area contributed by atoms with E-state index in [0.29, 0.717) is 5.69 Å². The molecule has 1 heterocycles. The Balaban J connectivity index is 1.75. The first kappa shape index (κ1) is 18.4. The molecule has 2 rings (SSSR count). The summed E-state index contributed by atoms with van der Waals surface area (Å²) in [6.45, 7) is 4.82. The first-order chi connectivity index (χ1) is 11.8. The second-order valence-electron chi connectivity index (χ2n) is 6.25. The van der Waals surface area contributed by atoms with Crippen molar-refractivity contribution >= 4 is 17.8 Å². The molecule has 0 atom stereocenters. The molecule has 0 spiro atoms. The smallest absolute Gasteiger partial charge is 0.344 e. The molecule has 0 saturated carbocycles. The largest absolute Gasteiger partial charge is 0.479 e. The summed E-state index contributed by atoms with van der Waals surface area (Å²) in [6.07, 6.45) is 0. The number of aromatic nitrogens is 1. The highest BCUT2D eigenvalue weighted by Crippen LogP contribution is 2.23. The highest BCUT2D eigenvalue weighted by Gasteiger charge is 2.20. The number of carbonyl (C=O) groups is 2. The monoisotopic (exact) mass is 350 g/mol. The van der Waals surface area contributed by atoms with Crippen LogP contribution in [0.15, 0.2) is 34.9 Å². The van der Waals surface area contributed by atoms with E-state index in [0.717, 1.165) is 0 Å². The molecule has 134 valence electrons. The topological polar surface area (TPSA) is 90.7 Å². The lowest BCUT2D eigenvalue weighted by atomic mass is 9.92. The van der Waals surface area contributed by atoms with E-state index < -0.39 is 30.9 Å². The number of hydrogen-bond acceptors (Lipinski definition) is 6. The Kier molecular flexibility index (Phi) is 5.74. The van der Waals surface area contributed by atoms with Gasteiger partial charge in [0.05, 0.1) is 5.69 Å². The van der Waals surface area contributed by atoms with E-state index in [9.17, 15) is 14.0 Å². The van der Waals surface area contributed by atoms with Crippen LogP contribution in [0.5, 0.6) is 5.75 Å². The fraction of sp³-hybridized carbons (Fsp3) is 0.353. The highest BCUT2D eigenvalue weighted by atomic mass is 19.1. The summed E-state index contributed by atoms with van der Waals surface area (Å²) in [5.41, 5.74) is 0.460.